The van der Waals surface area contributed by atoms with Gasteiger partial charge in [-0.15, -0.1) is 0 Å². The molecule has 0 unspecified atom stereocenters. The van der Waals surface area contributed by atoms with Gasteiger partial charge in [0.25, 0.3) is 0 Å². The number of nitrogens with one attached hydrogen (secondary N) is 1. The summed E-state index contributed by atoms with van der Waals surface area (Å²) < 4.78 is 4.98. The van der Waals surface area contributed by atoms with Crippen molar-refractivity contribution in [3.63, 3.8) is 0 Å². The van der Waals surface area contributed by atoms with Crippen molar-refractivity contribution in [3.8, 4) is 0 Å². The van der Waals surface area contributed by atoms with Crippen LogP contribution in [0.1, 0.15) is 42.7 Å². The van der Waals surface area contributed by atoms with Gasteiger partial charge in [-0.05, 0) is 44.1 Å². The number of carbonyl (C=O) groups is 2. The highest BCUT2D eigenvalue weighted by molar-refractivity contribution is 5.81. The van der Waals surface area contributed by atoms with E-state index < -0.39 is 0 Å². The SMILES string of the molecule is Cc1cccc(C2CCN(C(=O)[C@H]3C[C@]4(COC(=O)N4)C3)CC2)c1. The normalized spacial score (nSPS) is 30.0. The van der Waals surface area contributed by atoms with Crippen molar-refractivity contribution in [1.29, 1.82) is 0 Å². The van der Waals surface area contributed by atoms with E-state index in [4.69, 9.17) is 4.74 Å². The molecular weight excluding hydrogens is 304 g/mol. The smallest absolute Gasteiger partial charge is 0.407 e. The van der Waals surface area contributed by atoms with E-state index in [0.29, 0.717) is 12.5 Å². The van der Waals surface area contributed by atoms with Crippen molar-refractivity contribution in [2.75, 3.05) is 19.7 Å². The van der Waals surface area contributed by atoms with E-state index in [1.165, 1.54) is 11.1 Å². The Hall–Kier alpha value is -2.04. The Bertz CT molecular complexity index is 658. The maximum absolute atomic E-state index is 12.7. The summed E-state index contributed by atoms with van der Waals surface area (Å²) in [7, 11) is 0. The molecule has 3 fully saturated rings. The molecule has 24 heavy (non-hydrogen) atoms. The van der Waals surface area contributed by atoms with Crippen molar-refractivity contribution in [2.24, 2.45) is 5.92 Å². The van der Waals surface area contributed by atoms with Crippen molar-refractivity contribution in [2.45, 2.75) is 44.1 Å². The van der Waals surface area contributed by atoms with Crippen molar-refractivity contribution in [3.05, 3.63) is 35.4 Å². The van der Waals surface area contributed by atoms with Crippen LogP contribution in [-0.2, 0) is 9.53 Å². The number of aryl methyl sites for hydroxylation is 1. The van der Waals surface area contributed by atoms with Gasteiger partial charge in [-0.2, -0.15) is 0 Å². The van der Waals surface area contributed by atoms with E-state index in [2.05, 4.69) is 36.5 Å². The summed E-state index contributed by atoms with van der Waals surface area (Å²) in [5.41, 5.74) is 2.43. The van der Waals surface area contributed by atoms with E-state index in [1.54, 1.807) is 0 Å². The lowest BCUT2D eigenvalue weighted by Gasteiger charge is -2.45. The number of amides is 2. The van der Waals surface area contributed by atoms with Crippen LogP contribution in [0.2, 0.25) is 0 Å². The van der Waals surface area contributed by atoms with Gasteiger partial charge in [0.15, 0.2) is 0 Å². The second-order valence-electron chi connectivity index (χ2n) is 7.60. The molecule has 4 rings (SSSR count). The van der Waals surface area contributed by atoms with Crippen LogP contribution in [0.3, 0.4) is 0 Å². The lowest BCUT2D eigenvalue weighted by Crippen LogP contribution is -2.58. The molecule has 0 aromatic heterocycles. The molecule has 128 valence electrons. The van der Waals surface area contributed by atoms with Gasteiger partial charge in [0.1, 0.15) is 6.61 Å². The van der Waals surface area contributed by atoms with Crippen LogP contribution in [0, 0.1) is 12.8 Å². The zero-order valence-corrected chi connectivity index (χ0v) is 14.1. The lowest BCUT2D eigenvalue weighted by molar-refractivity contribution is -0.142. The molecule has 2 saturated heterocycles. The minimum Gasteiger partial charge on any atom is -0.447 e. The first-order valence-corrected chi connectivity index (χ1v) is 8.85. The number of hydrogen-bond donors (Lipinski definition) is 1. The van der Waals surface area contributed by atoms with Crippen LogP contribution in [0.4, 0.5) is 4.79 Å². The molecule has 5 heteroatoms. The molecule has 1 aliphatic carbocycles. The standard InChI is InChI=1S/C19H24N2O3/c1-13-3-2-4-15(9-13)14-5-7-21(8-6-14)17(22)16-10-19(11-16)12-24-18(23)20-19/h2-4,9,14,16H,5-8,10-12H2,1H3,(H,20,23)/t16-,19+. The lowest BCUT2D eigenvalue weighted by atomic mass is 9.68. The third kappa shape index (κ3) is 2.76. The predicted octanol–water partition coefficient (Wildman–Crippen LogP) is 2.59. The number of alkyl carbamates (subject to hydrolysis) is 1. The molecule has 1 aromatic rings. The van der Waals surface area contributed by atoms with Gasteiger partial charge in [0.05, 0.1) is 5.54 Å². The third-order valence-electron chi connectivity index (χ3n) is 5.79. The van der Waals surface area contributed by atoms with Crippen LogP contribution in [0.25, 0.3) is 0 Å². The summed E-state index contributed by atoms with van der Waals surface area (Å²) in [6.45, 7) is 4.21. The van der Waals surface area contributed by atoms with Gasteiger partial charge < -0.3 is 15.0 Å². The number of ether oxygens (including phenoxy) is 1. The van der Waals surface area contributed by atoms with Crippen molar-refractivity contribution >= 4 is 12.0 Å². The molecule has 1 saturated carbocycles. The Balaban J connectivity index is 1.30. The van der Waals surface area contributed by atoms with E-state index in [1.807, 2.05) is 4.90 Å². The summed E-state index contributed by atoms with van der Waals surface area (Å²) in [5.74, 6) is 0.858. The topological polar surface area (TPSA) is 58.6 Å². The number of nitrogens with zero attached hydrogens (tertiary/aromatic N) is 1. The highest BCUT2D eigenvalue weighted by Gasteiger charge is 2.53. The van der Waals surface area contributed by atoms with Gasteiger partial charge in [0.2, 0.25) is 5.91 Å². The molecule has 5 nitrogen and oxygen atoms in total. The van der Waals surface area contributed by atoms with Crippen LogP contribution < -0.4 is 5.32 Å². The minimum atomic E-state index is -0.347. The fraction of sp³-hybridized carbons (Fsp3) is 0.579. The quantitative estimate of drug-likeness (QED) is 0.908. The Kier molecular flexibility index (Phi) is 3.74. The number of piperidine rings is 1. The maximum Gasteiger partial charge on any atom is 0.407 e. The van der Waals surface area contributed by atoms with Gasteiger partial charge >= 0.3 is 6.09 Å². The molecule has 3 aliphatic rings. The molecule has 1 spiro atoms. The van der Waals surface area contributed by atoms with E-state index in [-0.39, 0.29) is 23.5 Å². The molecule has 0 atom stereocenters. The van der Waals surface area contributed by atoms with E-state index >= 15 is 0 Å². The fourth-order valence-corrected chi connectivity index (χ4v) is 4.39. The monoisotopic (exact) mass is 328 g/mol. The summed E-state index contributed by atoms with van der Waals surface area (Å²) in [5, 5.41) is 2.86. The number of benzene rings is 1. The number of likely N-dealkylation sites (tertiary alicyclic amines) is 1. The zero-order valence-electron chi connectivity index (χ0n) is 14.1. The van der Waals surface area contributed by atoms with Crippen LogP contribution >= 0.6 is 0 Å². The van der Waals surface area contributed by atoms with Gasteiger partial charge in [-0.25, -0.2) is 4.79 Å². The minimum absolute atomic E-state index is 0.0440. The maximum atomic E-state index is 12.7. The average molecular weight is 328 g/mol. The first-order chi connectivity index (χ1) is 11.5. The predicted molar refractivity (Wildman–Crippen MR) is 89.7 cm³/mol. The summed E-state index contributed by atoms with van der Waals surface area (Å²) in [6.07, 6.45) is 3.16. The molecule has 2 heterocycles. The summed E-state index contributed by atoms with van der Waals surface area (Å²) in [6, 6.07) is 8.71. The highest BCUT2D eigenvalue weighted by atomic mass is 16.6. The Labute approximate surface area is 142 Å². The molecule has 1 N–H and O–H groups in total. The second-order valence-corrected chi connectivity index (χ2v) is 7.60. The largest absolute Gasteiger partial charge is 0.447 e. The number of hydrogen-bond acceptors (Lipinski definition) is 3. The molecule has 1 aromatic carbocycles. The summed E-state index contributed by atoms with van der Waals surface area (Å²) >= 11 is 0. The molecule has 2 aliphatic heterocycles. The van der Waals surface area contributed by atoms with Gasteiger partial charge in [-0.3, -0.25) is 4.79 Å². The van der Waals surface area contributed by atoms with Crippen LogP contribution in [0.5, 0.6) is 0 Å². The highest BCUT2D eigenvalue weighted by Crippen LogP contribution is 2.42. The Morgan fingerprint density at radius 3 is 2.67 bits per heavy atom. The molecule has 2 amide bonds. The Morgan fingerprint density at radius 1 is 1.29 bits per heavy atom. The average Bonchev–Trinajstić information content (AvgIpc) is 2.95. The summed E-state index contributed by atoms with van der Waals surface area (Å²) in [4.78, 5) is 25.9. The van der Waals surface area contributed by atoms with Crippen LogP contribution in [0.15, 0.2) is 24.3 Å². The van der Waals surface area contributed by atoms with Gasteiger partial charge in [0, 0.05) is 19.0 Å². The van der Waals surface area contributed by atoms with Crippen molar-refractivity contribution < 1.29 is 14.3 Å². The van der Waals surface area contributed by atoms with Crippen molar-refractivity contribution in [1.82, 2.24) is 10.2 Å². The first kappa shape index (κ1) is 15.5. The number of rotatable bonds is 2. The molecular formula is C19H24N2O3. The molecule has 0 bridgehead atoms. The van der Waals surface area contributed by atoms with E-state index in [9.17, 15) is 9.59 Å². The Morgan fingerprint density at radius 2 is 2.04 bits per heavy atom. The third-order valence-corrected chi connectivity index (χ3v) is 5.79. The van der Waals surface area contributed by atoms with E-state index in [0.717, 1.165) is 38.8 Å². The van der Waals surface area contributed by atoms with Gasteiger partial charge in [-0.1, -0.05) is 29.8 Å². The molecule has 0 radical (unpaired) electrons. The number of cyclic esters (lactones) is 1. The first-order valence-electron chi connectivity index (χ1n) is 8.85. The number of carbonyl (C=O) groups excluding carboxylic acids is 2. The zero-order chi connectivity index (χ0) is 16.7. The van der Waals surface area contributed by atoms with Crippen LogP contribution in [-0.4, -0.2) is 42.1 Å². The fourth-order valence-electron chi connectivity index (χ4n) is 4.39. The second kappa shape index (κ2) is 5.80.